The van der Waals surface area contributed by atoms with Crippen LogP contribution in [0.4, 0.5) is 0 Å². The van der Waals surface area contributed by atoms with Crippen molar-refractivity contribution >= 4 is 11.3 Å². The number of aromatic nitrogens is 2. The Hall–Kier alpha value is -0.480. The number of hydrogen-bond acceptors (Lipinski definition) is 4. The second kappa shape index (κ2) is 2.64. The summed E-state index contributed by atoms with van der Waals surface area (Å²) < 4.78 is 0. The minimum absolute atomic E-state index is 0.291. The summed E-state index contributed by atoms with van der Waals surface area (Å²) in [5, 5.41) is 8.54. The topological polar surface area (TPSA) is 51.8 Å². The van der Waals surface area contributed by atoms with Gasteiger partial charge < -0.3 is 5.73 Å². The Morgan fingerprint density at radius 2 is 2.50 bits per heavy atom. The third-order valence-electron chi connectivity index (χ3n) is 1.58. The summed E-state index contributed by atoms with van der Waals surface area (Å²) >= 11 is 1.51. The number of nitrogens with zero attached hydrogens (tertiary/aromatic N) is 2. The van der Waals surface area contributed by atoms with Gasteiger partial charge in [0.15, 0.2) is 0 Å². The van der Waals surface area contributed by atoms with Crippen LogP contribution < -0.4 is 5.73 Å². The summed E-state index contributed by atoms with van der Waals surface area (Å²) in [5.74, 6) is 0. The lowest BCUT2D eigenvalue weighted by Crippen LogP contribution is -2.31. The Morgan fingerprint density at radius 1 is 1.80 bits per heavy atom. The number of rotatable bonds is 2. The zero-order valence-electron chi connectivity index (χ0n) is 6.16. The predicted octanol–water partition coefficient (Wildman–Crippen LogP) is 1.12. The lowest BCUT2D eigenvalue weighted by Gasteiger charge is -2.17. The molecule has 1 rings (SSSR count). The molecule has 10 heavy (non-hydrogen) atoms. The van der Waals surface area contributed by atoms with Crippen molar-refractivity contribution in [2.45, 2.75) is 25.8 Å². The Bertz CT molecular complexity index is 193. The minimum atomic E-state index is -0.291. The molecule has 1 unspecified atom stereocenters. The molecule has 2 N–H and O–H groups in total. The summed E-state index contributed by atoms with van der Waals surface area (Å²) in [6.07, 6.45) is 0.891. The smallest absolute Gasteiger partial charge is 0.136 e. The van der Waals surface area contributed by atoms with E-state index >= 15 is 0 Å². The summed E-state index contributed by atoms with van der Waals surface area (Å²) in [6.45, 7) is 4.01. The van der Waals surface area contributed by atoms with Crippen LogP contribution >= 0.6 is 11.3 Å². The molecule has 0 bridgehead atoms. The standard InChI is InChI=1S/C6H11N3S/c1-3-6(2,7)5-9-8-4-10-5/h4H,3,7H2,1-2H3. The predicted molar refractivity (Wildman–Crippen MR) is 41.7 cm³/mol. The van der Waals surface area contributed by atoms with Gasteiger partial charge in [-0.1, -0.05) is 6.92 Å². The molecule has 0 fully saturated rings. The average molecular weight is 157 g/mol. The number of hydrogen-bond donors (Lipinski definition) is 1. The highest BCUT2D eigenvalue weighted by Crippen LogP contribution is 2.21. The highest BCUT2D eigenvalue weighted by molar-refractivity contribution is 7.09. The molecule has 0 aliphatic rings. The molecule has 0 aliphatic carbocycles. The van der Waals surface area contributed by atoms with E-state index in [2.05, 4.69) is 10.2 Å². The summed E-state index contributed by atoms with van der Waals surface area (Å²) in [7, 11) is 0. The van der Waals surface area contributed by atoms with Crippen LogP contribution in [0.1, 0.15) is 25.3 Å². The van der Waals surface area contributed by atoms with Gasteiger partial charge in [0, 0.05) is 0 Å². The van der Waals surface area contributed by atoms with Crippen molar-refractivity contribution in [3.63, 3.8) is 0 Å². The van der Waals surface area contributed by atoms with E-state index in [4.69, 9.17) is 5.73 Å². The van der Waals surface area contributed by atoms with Crippen LogP contribution in [0.25, 0.3) is 0 Å². The fourth-order valence-electron chi connectivity index (χ4n) is 0.573. The normalized spacial score (nSPS) is 16.7. The molecule has 1 atom stereocenters. The van der Waals surface area contributed by atoms with E-state index in [1.165, 1.54) is 11.3 Å². The van der Waals surface area contributed by atoms with Crippen molar-refractivity contribution in [3.05, 3.63) is 10.5 Å². The fraction of sp³-hybridized carbons (Fsp3) is 0.667. The van der Waals surface area contributed by atoms with Gasteiger partial charge in [0.2, 0.25) is 0 Å². The maximum absolute atomic E-state index is 5.89. The van der Waals surface area contributed by atoms with Gasteiger partial charge in [-0.15, -0.1) is 21.5 Å². The van der Waals surface area contributed by atoms with Crippen molar-refractivity contribution in [2.24, 2.45) is 5.73 Å². The first-order chi connectivity index (χ1) is 4.67. The van der Waals surface area contributed by atoms with E-state index in [-0.39, 0.29) is 5.54 Å². The minimum Gasteiger partial charge on any atom is -0.320 e. The van der Waals surface area contributed by atoms with Gasteiger partial charge in [0.25, 0.3) is 0 Å². The molecular formula is C6H11N3S. The van der Waals surface area contributed by atoms with Gasteiger partial charge in [-0.2, -0.15) is 0 Å². The van der Waals surface area contributed by atoms with Crippen molar-refractivity contribution in [1.29, 1.82) is 0 Å². The summed E-state index contributed by atoms with van der Waals surface area (Å²) in [6, 6.07) is 0. The molecule has 0 saturated carbocycles. The van der Waals surface area contributed by atoms with E-state index in [0.717, 1.165) is 11.4 Å². The van der Waals surface area contributed by atoms with Gasteiger partial charge >= 0.3 is 0 Å². The Kier molecular flexibility index (Phi) is 2.01. The van der Waals surface area contributed by atoms with E-state index in [0.29, 0.717) is 0 Å². The Balaban J connectivity index is 2.85. The molecular weight excluding hydrogens is 146 g/mol. The van der Waals surface area contributed by atoms with E-state index in [1.54, 1.807) is 5.51 Å². The molecule has 0 aliphatic heterocycles. The van der Waals surface area contributed by atoms with Crippen LogP contribution in [0.5, 0.6) is 0 Å². The van der Waals surface area contributed by atoms with Crippen molar-refractivity contribution in [1.82, 2.24) is 10.2 Å². The summed E-state index contributed by atoms with van der Waals surface area (Å²) in [5.41, 5.74) is 7.30. The van der Waals surface area contributed by atoms with Crippen LogP contribution in [0.2, 0.25) is 0 Å². The first-order valence-corrected chi connectivity index (χ1v) is 4.10. The largest absolute Gasteiger partial charge is 0.320 e. The van der Waals surface area contributed by atoms with Gasteiger partial charge in [0.1, 0.15) is 10.5 Å². The lowest BCUT2D eigenvalue weighted by molar-refractivity contribution is 0.469. The second-order valence-corrected chi connectivity index (χ2v) is 3.35. The molecule has 56 valence electrons. The highest BCUT2D eigenvalue weighted by Gasteiger charge is 2.21. The first-order valence-electron chi connectivity index (χ1n) is 3.22. The third-order valence-corrected chi connectivity index (χ3v) is 2.55. The fourth-order valence-corrected chi connectivity index (χ4v) is 1.28. The monoisotopic (exact) mass is 157 g/mol. The van der Waals surface area contributed by atoms with Crippen molar-refractivity contribution in [3.8, 4) is 0 Å². The van der Waals surface area contributed by atoms with Gasteiger partial charge in [-0.05, 0) is 13.3 Å². The van der Waals surface area contributed by atoms with Crippen molar-refractivity contribution < 1.29 is 0 Å². The maximum atomic E-state index is 5.89. The van der Waals surface area contributed by atoms with Crippen molar-refractivity contribution in [2.75, 3.05) is 0 Å². The van der Waals surface area contributed by atoms with Crippen LogP contribution in [-0.2, 0) is 5.54 Å². The van der Waals surface area contributed by atoms with E-state index in [1.807, 2.05) is 13.8 Å². The molecule has 0 radical (unpaired) electrons. The van der Waals surface area contributed by atoms with Gasteiger partial charge in [-0.3, -0.25) is 0 Å². The molecule has 0 saturated heterocycles. The molecule has 3 nitrogen and oxygen atoms in total. The summed E-state index contributed by atoms with van der Waals surface area (Å²) in [4.78, 5) is 0. The van der Waals surface area contributed by atoms with Gasteiger partial charge in [0.05, 0.1) is 5.54 Å². The second-order valence-electron chi connectivity index (χ2n) is 2.51. The first kappa shape index (κ1) is 7.63. The van der Waals surface area contributed by atoms with Crippen LogP contribution in [0.15, 0.2) is 5.51 Å². The zero-order chi connectivity index (χ0) is 7.61. The average Bonchev–Trinajstić information content (AvgIpc) is 2.38. The van der Waals surface area contributed by atoms with E-state index < -0.39 is 0 Å². The Labute approximate surface area is 64.3 Å². The quantitative estimate of drug-likeness (QED) is 0.700. The molecule has 0 aromatic carbocycles. The van der Waals surface area contributed by atoms with Crippen LogP contribution in [0.3, 0.4) is 0 Å². The van der Waals surface area contributed by atoms with Gasteiger partial charge in [-0.25, -0.2) is 0 Å². The van der Waals surface area contributed by atoms with E-state index in [9.17, 15) is 0 Å². The molecule has 4 heteroatoms. The lowest BCUT2D eigenvalue weighted by atomic mass is 10.0. The number of nitrogens with two attached hydrogens (primary N) is 1. The molecule has 1 aromatic rings. The Morgan fingerprint density at radius 3 is 2.90 bits per heavy atom. The maximum Gasteiger partial charge on any atom is 0.136 e. The van der Waals surface area contributed by atoms with Crippen LogP contribution in [0, 0.1) is 0 Å². The molecule has 1 heterocycles. The molecule has 0 spiro atoms. The zero-order valence-corrected chi connectivity index (χ0v) is 6.98. The SMILES string of the molecule is CCC(C)(N)c1nncs1. The van der Waals surface area contributed by atoms with Crippen LogP contribution in [-0.4, -0.2) is 10.2 Å². The molecule has 1 aromatic heterocycles. The highest BCUT2D eigenvalue weighted by atomic mass is 32.1. The third kappa shape index (κ3) is 1.33. The molecule has 0 amide bonds.